The van der Waals surface area contributed by atoms with E-state index in [1.807, 2.05) is 0 Å². The van der Waals surface area contributed by atoms with Crippen molar-refractivity contribution in [1.82, 2.24) is 0 Å². The van der Waals surface area contributed by atoms with E-state index < -0.39 is 0 Å². The van der Waals surface area contributed by atoms with E-state index in [9.17, 15) is 0 Å². The molecule has 0 nitrogen and oxygen atoms in total. The van der Waals surface area contributed by atoms with Crippen LogP contribution < -0.4 is 0 Å². The summed E-state index contributed by atoms with van der Waals surface area (Å²) in [6.45, 7) is 0. The lowest BCUT2D eigenvalue weighted by molar-refractivity contribution is 0.836. The number of terminal acetylenes is 1. The fraction of sp³-hybridized carbons (Fsp3) is 0.455. The Hall–Kier alpha value is -0.960. The SMILES string of the molecule is C#CC1=CC=C(C2CC2)CC1. The van der Waals surface area contributed by atoms with E-state index in [0.717, 1.165) is 17.9 Å². The quantitative estimate of drug-likeness (QED) is 0.496. The second kappa shape index (κ2) is 2.58. The highest BCUT2D eigenvalue weighted by molar-refractivity contribution is 5.36. The summed E-state index contributed by atoms with van der Waals surface area (Å²) in [5.74, 6) is 3.62. The average molecular weight is 144 g/mol. The molecule has 0 atom stereocenters. The van der Waals surface area contributed by atoms with Crippen molar-refractivity contribution in [2.24, 2.45) is 5.92 Å². The van der Waals surface area contributed by atoms with Gasteiger partial charge >= 0.3 is 0 Å². The van der Waals surface area contributed by atoms with Gasteiger partial charge in [-0.1, -0.05) is 23.6 Å². The summed E-state index contributed by atoms with van der Waals surface area (Å²) < 4.78 is 0. The Morgan fingerprint density at radius 2 is 2.09 bits per heavy atom. The maximum Gasteiger partial charge on any atom is 0.00207 e. The van der Waals surface area contributed by atoms with Gasteiger partial charge in [-0.25, -0.2) is 0 Å². The molecule has 0 saturated heterocycles. The normalized spacial score (nSPS) is 23.5. The van der Waals surface area contributed by atoms with Crippen molar-refractivity contribution in [3.8, 4) is 12.3 Å². The molecule has 0 N–H and O–H groups in total. The first-order valence-corrected chi connectivity index (χ1v) is 4.26. The summed E-state index contributed by atoms with van der Waals surface area (Å²) in [5, 5.41) is 0. The largest absolute Gasteiger partial charge is 0.115 e. The molecule has 0 bridgehead atoms. The highest BCUT2D eigenvalue weighted by atomic mass is 14.3. The zero-order valence-electron chi connectivity index (χ0n) is 6.64. The van der Waals surface area contributed by atoms with Crippen molar-refractivity contribution in [3.63, 3.8) is 0 Å². The minimum absolute atomic E-state index is 0.922. The van der Waals surface area contributed by atoms with Crippen molar-refractivity contribution in [2.75, 3.05) is 0 Å². The molecule has 2 rings (SSSR count). The van der Waals surface area contributed by atoms with Gasteiger partial charge in [0.1, 0.15) is 0 Å². The van der Waals surface area contributed by atoms with Crippen molar-refractivity contribution in [2.45, 2.75) is 25.7 Å². The Bertz CT molecular complexity index is 256. The van der Waals surface area contributed by atoms with Crippen LogP contribution >= 0.6 is 0 Å². The van der Waals surface area contributed by atoms with Crippen LogP contribution in [-0.4, -0.2) is 0 Å². The van der Waals surface area contributed by atoms with Crippen LogP contribution in [0.2, 0.25) is 0 Å². The van der Waals surface area contributed by atoms with Gasteiger partial charge < -0.3 is 0 Å². The van der Waals surface area contributed by atoms with Crippen molar-refractivity contribution < 1.29 is 0 Å². The molecule has 1 fully saturated rings. The molecule has 0 heterocycles. The monoisotopic (exact) mass is 144 g/mol. The van der Waals surface area contributed by atoms with Gasteiger partial charge in [0.25, 0.3) is 0 Å². The predicted octanol–water partition coefficient (Wildman–Crippen LogP) is 2.68. The molecule has 0 heteroatoms. The Labute approximate surface area is 68.0 Å². The molecule has 0 spiro atoms. The van der Waals surface area contributed by atoms with Crippen LogP contribution in [0.15, 0.2) is 23.3 Å². The van der Waals surface area contributed by atoms with Crippen molar-refractivity contribution >= 4 is 0 Å². The highest BCUT2D eigenvalue weighted by Gasteiger charge is 2.25. The molecule has 0 aromatic rings. The maximum absolute atomic E-state index is 5.29. The first kappa shape index (κ1) is 6.73. The Morgan fingerprint density at radius 1 is 1.27 bits per heavy atom. The van der Waals surface area contributed by atoms with Crippen LogP contribution in [0.4, 0.5) is 0 Å². The second-order valence-corrected chi connectivity index (χ2v) is 3.35. The summed E-state index contributed by atoms with van der Waals surface area (Å²) in [5.41, 5.74) is 2.79. The molecule has 56 valence electrons. The molecule has 0 aromatic heterocycles. The van der Waals surface area contributed by atoms with Gasteiger partial charge in [-0.05, 0) is 31.6 Å². The molecule has 1 saturated carbocycles. The fourth-order valence-corrected chi connectivity index (χ4v) is 1.57. The molecule has 0 aromatic carbocycles. The minimum Gasteiger partial charge on any atom is -0.115 e. The van der Waals surface area contributed by atoms with Crippen LogP contribution in [0.5, 0.6) is 0 Å². The van der Waals surface area contributed by atoms with E-state index in [4.69, 9.17) is 6.42 Å². The minimum atomic E-state index is 0.922. The number of rotatable bonds is 1. The van der Waals surface area contributed by atoms with Gasteiger partial charge in [-0.2, -0.15) is 0 Å². The van der Waals surface area contributed by atoms with E-state index >= 15 is 0 Å². The predicted molar refractivity (Wildman–Crippen MR) is 47.0 cm³/mol. The zero-order chi connectivity index (χ0) is 7.68. The topological polar surface area (TPSA) is 0 Å². The lowest BCUT2D eigenvalue weighted by Gasteiger charge is -2.09. The van der Waals surface area contributed by atoms with Crippen molar-refractivity contribution in [3.05, 3.63) is 23.3 Å². The lowest BCUT2D eigenvalue weighted by atomic mass is 9.96. The summed E-state index contributed by atoms with van der Waals surface area (Å²) >= 11 is 0. The van der Waals surface area contributed by atoms with Crippen LogP contribution in [0.1, 0.15) is 25.7 Å². The first-order valence-electron chi connectivity index (χ1n) is 4.26. The van der Waals surface area contributed by atoms with Crippen LogP contribution in [0, 0.1) is 18.3 Å². The Balaban J connectivity index is 2.10. The number of allylic oxidation sites excluding steroid dienone is 4. The van der Waals surface area contributed by atoms with Gasteiger partial charge in [0.05, 0.1) is 0 Å². The third-order valence-corrected chi connectivity index (χ3v) is 2.47. The summed E-state index contributed by atoms with van der Waals surface area (Å²) in [6.07, 6.45) is 14.8. The molecule has 11 heavy (non-hydrogen) atoms. The highest BCUT2D eigenvalue weighted by Crippen LogP contribution is 2.40. The zero-order valence-corrected chi connectivity index (χ0v) is 6.64. The third-order valence-electron chi connectivity index (χ3n) is 2.47. The molecular formula is C11H12. The lowest BCUT2D eigenvalue weighted by Crippen LogP contribution is -1.93. The molecule has 0 unspecified atom stereocenters. The van der Waals surface area contributed by atoms with E-state index in [0.29, 0.717) is 0 Å². The number of hydrogen-bond donors (Lipinski definition) is 0. The summed E-state index contributed by atoms with van der Waals surface area (Å²) in [4.78, 5) is 0. The maximum atomic E-state index is 5.29. The van der Waals surface area contributed by atoms with E-state index in [1.54, 1.807) is 5.57 Å². The molecule has 0 aliphatic heterocycles. The summed E-state index contributed by atoms with van der Waals surface area (Å²) in [7, 11) is 0. The van der Waals surface area contributed by atoms with Gasteiger partial charge in [0.2, 0.25) is 0 Å². The van der Waals surface area contributed by atoms with Crippen LogP contribution in [-0.2, 0) is 0 Å². The van der Waals surface area contributed by atoms with Gasteiger partial charge in [-0.3, -0.25) is 0 Å². The Morgan fingerprint density at radius 3 is 2.55 bits per heavy atom. The van der Waals surface area contributed by atoms with E-state index in [-0.39, 0.29) is 0 Å². The van der Waals surface area contributed by atoms with Crippen LogP contribution in [0.25, 0.3) is 0 Å². The van der Waals surface area contributed by atoms with E-state index in [2.05, 4.69) is 18.1 Å². The average Bonchev–Trinajstić information content (AvgIpc) is 2.87. The number of hydrogen-bond acceptors (Lipinski definition) is 0. The first-order chi connectivity index (χ1) is 5.40. The third kappa shape index (κ3) is 1.38. The summed E-state index contributed by atoms with van der Waals surface area (Å²) in [6, 6.07) is 0. The fourth-order valence-electron chi connectivity index (χ4n) is 1.57. The van der Waals surface area contributed by atoms with Gasteiger partial charge in [0.15, 0.2) is 0 Å². The molecule has 2 aliphatic rings. The van der Waals surface area contributed by atoms with Crippen LogP contribution in [0.3, 0.4) is 0 Å². The second-order valence-electron chi connectivity index (χ2n) is 3.35. The molecule has 0 amide bonds. The Kier molecular flexibility index (Phi) is 1.58. The van der Waals surface area contributed by atoms with Crippen molar-refractivity contribution in [1.29, 1.82) is 0 Å². The molecule has 2 aliphatic carbocycles. The van der Waals surface area contributed by atoms with Gasteiger partial charge in [-0.15, -0.1) is 6.42 Å². The standard InChI is InChI=1S/C11H12/c1-2-9-3-5-10(6-4-9)11-7-8-11/h1,3,5,11H,4,6-8H2. The molecular weight excluding hydrogens is 132 g/mol. The molecule has 0 radical (unpaired) electrons. The van der Waals surface area contributed by atoms with E-state index in [1.165, 1.54) is 19.3 Å². The smallest absolute Gasteiger partial charge is 0.00207 e. The van der Waals surface area contributed by atoms with Gasteiger partial charge in [0, 0.05) is 5.57 Å².